The fraction of sp³-hybridized carbons (Fsp3) is 0.200. The molecule has 2 aromatic carbocycles. The maximum Gasteiger partial charge on any atom is 0.416 e. The number of hydrogen-bond acceptors (Lipinski definition) is 6. The molecule has 6 nitrogen and oxygen atoms in total. The zero-order valence-electron chi connectivity index (χ0n) is 16.6. The molecule has 0 saturated carbocycles. The van der Waals surface area contributed by atoms with Crippen molar-refractivity contribution in [1.82, 2.24) is 0 Å². The molecule has 0 aliphatic carbocycles. The first-order chi connectivity index (χ1) is 15.2. The summed E-state index contributed by atoms with van der Waals surface area (Å²) in [7, 11) is 0. The van der Waals surface area contributed by atoms with Crippen molar-refractivity contribution in [3.63, 3.8) is 0 Å². The van der Waals surface area contributed by atoms with Crippen molar-refractivity contribution in [1.29, 1.82) is 0 Å². The molecule has 0 aromatic heterocycles. The Hall–Kier alpha value is -3.22. The zero-order chi connectivity index (χ0) is 24.7. The fourth-order valence-corrected chi connectivity index (χ4v) is 2.97. The van der Waals surface area contributed by atoms with Crippen molar-refractivity contribution in [2.24, 2.45) is 0 Å². The number of hydrogen-bond donors (Lipinski definition) is 1. The third-order valence-corrected chi connectivity index (χ3v) is 4.67. The highest BCUT2D eigenvalue weighted by molar-refractivity contribution is 9.10. The van der Waals surface area contributed by atoms with Gasteiger partial charge >= 0.3 is 18.1 Å². The highest BCUT2D eigenvalue weighted by Gasteiger charge is 2.39. The van der Waals surface area contributed by atoms with Gasteiger partial charge in [-0.2, -0.15) is 13.2 Å². The number of carbonyl (C=O) groups is 2. The Kier molecular flexibility index (Phi) is 6.37. The Labute approximate surface area is 190 Å². The van der Waals surface area contributed by atoms with Crippen LogP contribution < -0.4 is 10.1 Å². The Morgan fingerprint density at radius 1 is 0.970 bits per heavy atom. The lowest BCUT2D eigenvalue weighted by Gasteiger charge is -2.29. The predicted molar refractivity (Wildman–Crippen MR) is 104 cm³/mol. The second-order valence-corrected chi connectivity index (χ2v) is 7.87. The molecule has 1 N–H and O–H groups in total. The van der Waals surface area contributed by atoms with Crippen molar-refractivity contribution >= 4 is 33.6 Å². The van der Waals surface area contributed by atoms with Crippen LogP contribution in [0.1, 0.15) is 19.4 Å². The van der Waals surface area contributed by atoms with Gasteiger partial charge in [-0.15, -0.1) is 0 Å². The Balaban J connectivity index is 1.90. The first kappa shape index (κ1) is 24.4. The average molecular weight is 540 g/mol. The predicted octanol–water partition coefficient (Wildman–Crippen LogP) is 5.81. The number of carbonyl (C=O) groups excluding carboxylic acids is 2. The second-order valence-electron chi connectivity index (χ2n) is 7.01. The number of benzene rings is 2. The van der Waals surface area contributed by atoms with Crippen LogP contribution in [0.2, 0.25) is 0 Å². The SMILES string of the molecule is CC1(C)OC(=O)C(=CNc2cc(Oc3c(F)cc(C(F)(F)F)cc3F)c(Br)cc2F)C(=O)O1. The van der Waals surface area contributed by atoms with E-state index in [2.05, 4.69) is 21.2 Å². The highest BCUT2D eigenvalue weighted by atomic mass is 79.9. The van der Waals surface area contributed by atoms with Crippen LogP contribution in [-0.2, 0) is 25.2 Å². The quantitative estimate of drug-likeness (QED) is 0.229. The van der Waals surface area contributed by atoms with Crippen LogP contribution in [-0.4, -0.2) is 17.7 Å². The van der Waals surface area contributed by atoms with Gasteiger partial charge in [0, 0.05) is 26.1 Å². The van der Waals surface area contributed by atoms with E-state index in [0.717, 1.165) is 18.3 Å². The highest BCUT2D eigenvalue weighted by Crippen LogP contribution is 2.39. The van der Waals surface area contributed by atoms with Gasteiger partial charge in [-0.05, 0) is 34.1 Å². The summed E-state index contributed by atoms with van der Waals surface area (Å²) in [6.45, 7) is 2.65. The molecule has 2 aromatic rings. The molecule has 1 aliphatic rings. The molecule has 0 radical (unpaired) electrons. The van der Waals surface area contributed by atoms with E-state index in [-0.39, 0.29) is 16.6 Å². The molecule has 1 heterocycles. The van der Waals surface area contributed by atoms with Gasteiger partial charge in [-0.1, -0.05) is 0 Å². The monoisotopic (exact) mass is 539 g/mol. The Morgan fingerprint density at radius 2 is 1.52 bits per heavy atom. The van der Waals surface area contributed by atoms with Crippen molar-refractivity contribution in [2.75, 3.05) is 5.32 Å². The number of cyclic esters (lactones) is 2. The lowest BCUT2D eigenvalue weighted by molar-refractivity contribution is -0.222. The number of rotatable bonds is 4. The van der Waals surface area contributed by atoms with Gasteiger partial charge < -0.3 is 19.5 Å². The van der Waals surface area contributed by atoms with Crippen molar-refractivity contribution < 1.29 is 50.1 Å². The van der Waals surface area contributed by atoms with E-state index in [9.17, 15) is 35.9 Å². The standard InChI is InChI=1S/C20H12BrF6NO5/c1-19(2)32-17(29)9(18(30)33-19)7-28-14-6-15(10(21)5-11(14)22)31-16-12(23)3-8(4-13(16)24)20(25,26)27/h3-7,28H,1-2H3. The summed E-state index contributed by atoms with van der Waals surface area (Å²) in [6.07, 6.45) is -4.20. The number of ether oxygens (including phenoxy) is 3. The third kappa shape index (κ3) is 5.41. The molecule has 1 fully saturated rings. The maximum absolute atomic E-state index is 14.3. The summed E-state index contributed by atoms with van der Waals surface area (Å²) in [4.78, 5) is 23.9. The van der Waals surface area contributed by atoms with Gasteiger partial charge in [0.2, 0.25) is 0 Å². The van der Waals surface area contributed by atoms with Crippen LogP contribution in [0.15, 0.2) is 40.5 Å². The first-order valence-electron chi connectivity index (χ1n) is 8.84. The van der Waals surface area contributed by atoms with E-state index in [4.69, 9.17) is 14.2 Å². The van der Waals surface area contributed by atoms with E-state index in [0.29, 0.717) is 0 Å². The lowest BCUT2D eigenvalue weighted by atomic mass is 10.2. The molecule has 0 unspecified atom stereocenters. The van der Waals surface area contributed by atoms with Gasteiger partial charge in [-0.25, -0.2) is 22.8 Å². The molecule has 0 spiro atoms. The molecule has 3 rings (SSSR count). The maximum atomic E-state index is 14.3. The van der Waals surface area contributed by atoms with Gasteiger partial charge in [0.05, 0.1) is 15.7 Å². The average Bonchev–Trinajstić information content (AvgIpc) is 2.64. The molecule has 1 saturated heterocycles. The van der Waals surface area contributed by atoms with E-state index in [1.165, 1.54) is 13.8 Å². The molecule has 0 bridgehead atoms. The van der Waals surface area contributed by atoms with Gasteiger partial charge in [0.1, 0.15) is 11.6 Å². The van der Waals surface area contributed by atoms with Crippen molar-refractivity contribution in [3.8, 4) is 11.5 Å². The molecule has 176 valence electrons. The van der Waals surface area contributed by atoms with Gasteiger partial charge in [-0.3, -0.25) is 0 Å². The summed E-state index contributed by atoms with van der Waals surface area (Å²) in [5, 5.41) is 2.31. The van der Waals surface area contributed by atoms with E-state index in [1.54, 1.807) is 0 Å². The molecule has 1 aliphatic heterocycles. The molecule has 13 heteroatoms. The molecule has 0 atom stereocenters. The zero-order valence-corrected chi connectivity index (χ0v) is 18.2. The number of nitrogens with one attached hydrogen (secondary N) is 1. The lowest BCUT2D eigenvalue weighted by Crippen LogP contribution is -2.42. The third-order valence-electron chi connectivity index (χ3n) is 4.05. The van der Waals surface area contributed by atoms with E-state index >= 15 is 0 Å². The first-order valence-corrected chi connectivity index (χ1v) is 9.64. The number of halogens is 7. The summed E-state index contributed by atoms with van der Waals surface area (Å²) in [5.41, 5.74) is -2.58. The summed E-state index contributed by atoms with van der Waals surface area (Å²) in [6, 6.07) is 1.79. The minimum Gasteiger partial charge on any atom is -0.450 e. The number of anilines is 1. The minimum atomic E-state index is -4.99. The number of alkyl halides is 3. The van der Waals surface area contributed by atoms with Crippen LogP contribution in [0.25, 0.3) is 0 Å². The summed E-state index contributed by atoms with van der Waals surface area (Å²) < 4.78 is 95.2. The van der Waals surface area contributed by atoms with Crippen molar-refractivity contribution in [2.45, 2.75) is 25.8 Å². The Bertz CT molecular complexity index is 1130. The van der Waals surface area contributed by atoms with Crippen LogP contribution in [0.5, 0.6) is 11.5 Å². The van der Waals surface area contributed by atoms with Gasteiger partial charge in [0.25, 0.3) is 5.79 Å². The fourth-order valence-electron chi connectivity index (χ4n) is 2.58. The van der Waals surface area contributed by atoms with Crippen LogP contribution in [0.3, 0.4) is 0 Å². The Morgan fingerprint density at radius 3 is 2.03 bits per heavy atom. The normalized spacial score (nSPS) is 15.6. The van der Waals surface area contributed by atoms with E-state index < -0.39 is 69.7 Å². The number of esters is 2. The smallest absolute Gasteiger partial charge is 0.416 e. The van der Waals surface area contributed by atoms with Crippen molar-refractivity contribution in [3.05, 3.63) is 63.5 Å². The molecule has 33 heavy (non-hydrogen) atoms. The minimum absolute atomic E-state index is 0.0429. The van der Waals surface area contributed by atoms with Gasteiger partial charge in [0.15, 0.2) is 23.0 Å². The van der Waals surface area contributed by atoms with Crippen LogP contribution in [0.4, 0.5) is 32.0 Å². The molecular weight excluding hydrogens is 528 g/mol. The summed E-state index contributed by atoms with van der Waals surface area (Å²) >= 11 is 2.91. The topological polar surface area (TPSA) is 73.9 Å². The second kappa shape index (κ2) is 8.61. The summed E-state index contributed by atoms with van der Waals surface area (Å²) in [5.74, 6) is -9.40. The molecule has 0 amide bonds. The molecular formula is C20H12BrF6NO5. The largest absolute Gasteiger partial charge is 0.450 e. The van der Waals surface area contributed by atoms with E-state index in [1.807, 2.05) is 0 Å². The van der Waals surface area contributed by atoms with Crippen LogP contribution in [0, 0.1) is 17.5 Å². The van der Waals surface area contributed by atoms with Crippen LogP contribution >= 0.6 is 15.9 Å².